The van der Waals surface area contributed by atoms with Crippen LogP contribution in [0, 0.1) is 29.6 Å². The van der Waals surface area contributed by atoms with E-state index < -0.39 is 0 Å². The number of hydrogen-bond acceptors (Lipinski definition) is 3. The Bertz CT molecular complexity index is 438. The van der Waals surface area contributed by atoms with Crippen LogP contribution in [0.2, 0.25) is 0 Å². The minimum atomic E-state index is 0.419. The normalized spacial score (nSPS) is 41.7. The predicted molar refractivity (Wildman–Crippen MR) is 73.3 cm³/mol. The quantitative estimate of drug-likeness (QED) is 0.903. The molecule has 19 heavy (non-hydrogen) atoms. The topological polar surface area (TPSA) is 56.7 Å². The van der Waals surface area contributed by atoms with Crippen LogP contribution in [0.15, 0.2) is 6.33 Å². The maximum absolute atomic E-state index is 6.13. The summed E-state index contributed by atoms with van der Waals surface area (Å²) in [4.78, 5) is 4.49. The van der Waals surface area contributed by atoms with E-state index in [0.717, 1.165) is 42.0 Å². The molecule has 104 valence electrons. The third-order valence-corrected chi connectivity index (χ3v) is 6.10. The number of aromatic nitrogens is 3. The molecule has 1 aromatic heterocycles. The van der Waals surface area contributed by atoms with Gasteiger partial charge in [0.1, 0.15) is 12.2 Å². The van der Waals surface area contributed by atoms with Crippen molar-refractivity contribution < 1.29 is 0 Å². The summed E-state index contributed by atoms with van der Waals surface area (Å²) in [5.74, 6) is 6.15. The number of nitrogens with two attached hydrogens (primary N) is 1. The fourth-order valence-corrected chi connectivity index (χ4v) is 5.70. The molecule has 5 rings (SSSR count). The zero-order chi connectivity index (χ0) is 13.0. The number of hydrogen-bond donors (Lipinski definition) is 1. The van der Waals surface area contributed by atoms with Gasteiger partial charge in [0.25, 0.3) is 0 Å². The van der Waals surface area contributed by atoms with Gasteiger partial charge in [-0.25, -0.2) is 4.98 Å². The molecule has 4 saturated carbocycles. The van der Waals surface area contributed by atoms with E-state index in [1.165, 1.54) is 32.1 Å². The molecule has 1 aromatic rings. The summed E-state index contributed by atoms with van der Waals surface area (Å²) in [5, 5.41) is 4.25. The van der Waals surface area contributed by atoms with Gasteiger partial charge in [0.2, 0.25) is 0 Å². The maximum atomic E-state index is 6.13. The Balaban J connectivity index is 1.66. The predicted octanol–water partition coefficient (Wildman–Crippen LogP) is 1.93. The SMILES string of the molecule is Cn1ncnc1C(CN)C1C2CC3CC(C2)CC1C3. The van der Waals surface area contributed by atoms with Crippen LogP contribution < -0.4 is 5.73 Å². The van der Waals surface area contributed by atoms with Crippen molar-refractivity contribution in [1.82, 2.24) is 14.8 Å². The molecule has 1 unspecified atom stereocenters. The number of nitrogens with zero attached hydrogens (tertiary/aromatic N) is 3. The summed E-state index contributed by atoms with van der Waals surface area (Å²) in [5.41, 5.74) is 6.13. The molecule has 4 bridgehead atoms. The molecule has 0 amide bonds. The van der Waals surface area contributed by atoms with Crippen LogP contribution in [0.1, 0.15) is 43.8 Å². The second-order valence-electron chi connectivity index (χ2n) is 7.09. The molecular formula is C15H24N4. The van der Waals surface area contributed by atoms with Crippen molar-refractivity contribution in [3.63, 3.8) is 0 Å². The third-order valence-electron chi connectivity index (χ3n) is 6.10. The maximum Gasteiger partial charge on any atom is 0.138 e. The first-order valence-electron chi connectivity index (χ1n) is 7.80. The van der Waals surface area contributed by atoms with Crippen molar-refractivity contribution in [2.45, 2.75) is 38.0 Å². The van der Waals surface area contributed by atoms with Crippen LogP contribution >= 0.6 is 0 Å². The Labute approximate surface area is 114 Å². The summed E-state index contributed by atoms with van der Waals surface area (Å²) in [6.45, 7) is 0.722. The zero-order valence-electron chi connectivity index (χ0n) is 11.7. The van der Waals surface area contributed by atoms with Crippen LogP contribution in [0.5, 0.6) is 0 Å². The minimum Gasteiger partial charge on any atom is -0.330 e. The van der Waals surface area contributed by atoms with E-state index in [0.29, 0.717) is 5.92 Å². The lowest BCUT2D eigenvalue weighted by atomic mass is 9.49. The molecule has 4 fully saturated rings. The second-order valence-corrected chi connectivity index (χ2v) is 7.09. The molecule has 1 atom stereocenters. The minimum absolute atomic E-state index is 0.419. The van der Waals surface area contributed by atoms with Crippen molar-refractivity contribution in [3.05, 3.63) is 12.2 Å². The van der Waals surface area contributed by atoms with Gasteiger partial charge in [0.05, 0.1) is 0 Å². The lowest BCUT2D eigenvalue weighted by Crippen LogP contribution is -2.48. The van der Waals surface area contributed by atoms with Gasteiger partial charge in [-0.2, -0.15) is 5.10 Å². The Hall–Kier alpha value is -0.900. The smallest absolute Gasteiger partial charge is 0.138 e. The van der Waals surface area contributed by atoms with E-state index >= 15 is 0 Å². The van der Waals surface area contributed by atoms with Crippen LogP contribution in [0.3, 0.4) is 0 Å². The molecule has 0 aromatic carbocycles. The molecule has 4 aliphatic rings. The molecule has 4 aliphatic carbocycles. The van der Waals surface area contributed by atoms with E-state index in [1.807, 2.05) is 11.7 Å². The van der Waals surface area contributed by atoms with Gasteiger partial charge in [-0.1, -0.05) is 0 Å². The molecule has 0 spiro atoms. The van der Waals surface area contributed by atoms with E-state index in [2.05, 4.69) is 10.1 Å². The highest BCUT2D eigenvalue weighted by atomic mass is 15.3. The molecule has 4 heteroatoms. The number of aryl methyl sites for hydroxylation is 1. The van der Waals surface area contributed by atoms with E-state index in [-0.39, 0.29) is 0 Å². The number of rotatable bonds is 3. The highest BCUT2D eigenvalue weighted by Crippen LogP contribution is 2.59. The van der Waals surface area contributed by atoms with Gasteiger partial charge in [-0.05, 0) is 61.7 Å². The average Bonchev–Trinajstić information content (AvgIpc) is 2.79. The Morgan fingerprint density at radius 1 is 1.21 bits per heavy atom. The monoisotopic (exact) mass is 260 g/mol. The van der Waals surface area contributed by atoms with Crippen molar-refractivity contribution in [2.24, 2.45) is 42.4 Å². The van der Waals surface area contributed by atoms with Crippen molar-refractivity contribution >= 4 is 0 Å². The average molecular weight is 260 g/mol. The summed E-state index contributed by atoms with van der Waals surface area (Å²) in [6.07, 6.45) is 8.99. The summed E-state index contributed by atoms with van der Waals surface area (Å²) < 4.78 is 1.93. The van der Waals surface area contributed by atoms with E-state index in [9.17, 15) is 0 Å². The van der Waals surface area contributed by atoms with Gasteiger partial charge < -0.3 is 5.73 Å². The van der Waals surface area contributed by atoms with Crippen LogP contribution in [-0.4, -0.2) is 21.3 Å². The molecule has 1 heterocycles. The van der Waals surface area contributed by atoms with Gasteiger partial charge in [0, 0.05) is 19.5 Å². The largest absolute Gasteiger partial charge is 0.330 e. The lowest BCUT2D eigenvalue weighted by Gasteiger charge is -2.56. The van der Waals surface area contributed by atoms with Crippen molar-refractivity contribution in [2.75, 3.05) is 6.54 Å². The Morgan fingerprint density at radius 3 is 2.32 bits per heavy atom. The molecule has 4 nitrogen and oxygen atoms in total. The molecule has 0 radical (unpaired) electrons. The van der Waals surface area contributed by atoms with Gasteiger partial charge in [-0.15, -0.1) is 0 Å². The standard InChI is InChI=1S/C15H24N4/c1-19-15(17-8-18-19)13(7-16)14-11-3-9-2-10(5-11)6-12(14)4-9/h8-14H,2-7,16H2,1H3. The second kappa shape index (κ2) is 4.30. The van der Waals surface area contributed by atoms with Crippen LogP contribution in [0.4, 0.5) is 0 Å². The Morgan fingerprint density at radius 2 is 1.84 bits per heavy atom. The first kappa shape index (κ1) is 11.9. The lowest BCUT2D eigenvalue weighted by molar-refractivity contribution is -0.0481. The van der Waals surface area contributed by atoms with Crippen LogP contribution in [-0.2, 0) is 7.05 Å². The summed E-state index contributed by atoms with van der Waals surface area (Å²) >= 11 is 0. The fraction of sp³-hybridized carbons (Fsp3) is 0.867. The highest BCUT2D eigenvalue weighted by molar-refractivity contribution is 5.08. The van der Waals surface area contributed by atoms with Crippen molar-refractivity contribution in [3.8, 4) is 0 Å². The van der Waals surface area contributed by atoms with Gasteiger partial charge in [0.15, 0.2) is 0 Å². The van der Waals surface area contributed by atoms with Crippen molar-refractivity contribution in [1.29, 1.82) is 0 Å². The van der Waals surface area contributed by atoms with Crippen LogP contribution in [0.25, 0.3) is 0 Å². The fourth-order valence-electron chi connectivity index (χ4n) is 5.70. The molecular weight excluding hydrogens is 236 g/mol. The summed E-state index contributed by atoms with van der Waals surface area (Å²) in [6, 6.07) is 0. The summed E-state index contributed by atoms with van der Waals surface area (Å²) in [7, 11) is 2.00. The van der Waals surface area contributed by atoms with E-state index in [4.69, 9.17) is 5.73 Å². The molecule has 0 saturated heterocycles. The van der Waals surface area contributed by atoms with Gasteiger partial charge in [-0.3, -0.25) is 4.68 Å². The molecule has 2 N–H and O–H groups in total. The first-order valence-corrected chi connectivity index (χ1v) is 7.80. The first-order chi connectivity index (χ1) is 9.26. The third kappa shape index (κ3) is 1.76. The van der Waals surface area contributed by atoms with Gasteiger partial charge >= 0.3 is 0 Å². The Kier molecular flexibility index (Phi) is 2.69. The zero-order valence-corrected chi connectivity index (χ0v) is 11.7. The molecule has 0 aliphatic heterocycles. The van der Waals surface area contributed by atoms with E-state index in [1.54, 1.807) is 6.33 Å². The highest BCUT2D eigenvalue weighted by Gasteiger charge is 2.51.